The van der Waals surface area contributed by atoms with Gasteiger partial charge in [-0.1, -0.05) is 134 Å². The second-order valence-electron chi connectivity index (χ2n) is 13.0. The van der Waals surface area contributed by atoms with Gasteiger partial charge in [-0.2, -0.15) is 0 Å². The molecule has 1 aliphatic heterocycles. The van der Waals surface area contributed by atoms with Crippen LogP contribution in [0.15, 0.2) is 24.3 Å². The topological polar surface area (TPSA) is 149 Å². The number of allylic oxidation sites excluding steroid dienone is 3. The summed E-state index contributed by atoms with van der Waals surface area (Å²) in [6.45, 7) is 3.38. The van der Waals surface area contributed by atoms with E-state index < -0.39 is 49.5 Å². The molecule has 1 amide bonds. The maximum Gasteiger partial charge on any atom is 0.220 e. The van der Waals surface area contributed by atoms with Crippen molar-refractivity contribution in [3.63, 3.8) is 0 Å². The fourth-order valence-electron chi connectivity index (χ4n) is 5.74. The van der Waals surface area contributed by atoms with Crippen LogP contribution in [-0.4, -0.2) is 87.5 Å². The van der Waals surface area contributed by atoms with E-state index in [-0.39, 0.29) is 18.9 Å². The molecule has 46 heavy (non-hydrogen) atoms. The lowest BCUT2D eigenvalue weighted by Gasteiger charge is -2.40. The van der Waals surface area contributed by atoms with Crippen LogP contribution < -0.4 is 5.32 Å². The van der Waals surface area contributed by atoms with Crippen molar-refractivity contribution < 1.29 is 39.8 Å². The first kappa shape index (κ1) is 42.7. The van der Waals surface area contributed by atoms with E-state index in [9.17, 15) is 30.3 Å². The lowest BCUT2D eigenvalue weighted by atomic mass is 9.99. The van der Waals surface area contributed by atoms with E-state index in [2.05, 4.69) is 24.4 Å². The smallest absolute Gasteiger partial charge is 0.220 e. The Bertz CT molecular complexity index is 776. The zero-order chi connectivity index (χ0) is 33.8. The largest absolute Gasteiger partial charge is 0.394 e. The lowest BCUT2D eigenvalue weighted by molar-refractivity contribution is -0.302. The predicted molar refractivity (Wildman–Crippen MR) is 184 cm³/mol. The molecule has 1 saturated heterocycles. The molecule has 7 atom stereocenters. The highest BCUT2D eigenvalue weighted by Gasteiger charge is 2.44. The van der Waals surface area contributed by atoms with Crippen LogP contribution in [0, 0.1) is 0 Å². The third-order valence-electron chi connectivity index (χ3n) is 8.75. The molecule has 1 heterocycles. The number of aliphatic hydroxyl groups is 5. The number of carbonyl (C=O) groups excluding carboxylic acids is 1. The summed E-state index contributed by atoms with van der Waals surface area (Å²) >= 11 is 0. The van der Waals surface area contributed by atoms with Crippen molar-refractivity contribution in [1.29, 1.82) is 0 Å². The fraction of sp³-hybridized carbons (Fsp3) is 0.865. The van der Waals surface area contributed by atoms with E-state index in [4.69, 9.17) is 9.47 Å². The lowest BCUT2D eigenvalue weighted by Crippen LogP contribution is -2.60. The second-order valence-corrected chi connectivity index (χ2v) is 13.0. The Morgan fingerprint density at radius 1 is 0.717 bits per heavy atom. The fourth-order valence-corrected chi connectivity index (χ4v) is 5.74. The number of aliphatic hydroxyl groups excluding tert-OH is 5. The summed E-state index contributed by atoms with van der Waals surface area (Å²) in [6.07, 6.45) is 25.4. The van der Waals surface area contributed by atoms with Crippen LogP contribution in [-0.2, 0) is 14.3 Å². The molecule has 1 aliphatic rings. The number of rotatable bonds is 29. The number of ether oxygens (including phenoxy) is 2. The van der Waals surface area contributed by atoms with Gasteiger partial charge in [-0.25, -0.2) is 0 Å². The van der Waals surface area contributed by atoms with Gasteiger partial charge in [0.2, 0.25) is 5.91 Å². The van der Waals surface area contributed by atoms with E-state index in [0.717, 1.165) is 19.3 Å². The maximum absolute atomic E-state index is 12.2. The van der Waals surface area contributed by atoms with E-state index >= 15 is 0 Å². The zero-order valence-corrected chi connectivity index (χ0v) is 29.1. The van der Waals surface area contributed by atoms with Crippen LogP contribution in [0.25, 0.3) is 0 Å². The average Bonchev–Trinajstić information content (AvgIpc) is 3.05. The molecule has 1 rings (SSSR count). The first-order valence-electron chi connectivity index (χ1n) is 18.6. The minimum absolute atomic E-state index is 0.205. The molecule has 0 spiro atoms. The number of carbonyl (C=O) groups is 1. The summed E-state index contributed by atoms with van der Waals surface area (Å²) in [6, 6.07) is -0.812. The molecule has 1 fully saturated rings. The highest BCUT2D eigenvalue weighted by molar-refractivity contribution is 5.76. The summed E-state index contributed by atoms with van der Waals surface area (Å²) in [7, 11) is 0. The van der Waals surface area contributed by atoms with Crippen molar-refractivity contribution in [3.8, 4) is 0 Å². The van der Waals surface area contributed by atoms with Crippen molar-refractivity contribution in [2.24, 2.45) is 0 Å². The van der Waals surface area contributed by atoms with E-state index in [1.165, 1.54) is 103 Å². The highest BCUT2D eigenvalue weighted by Crippen LogP contribution is 2.22. The van der Waals surface area contributed by atoms with Gasteiger partial charge in [0.05, 0.1) is 25.4 Å². The number of unbranched alkanes of at least 4 members (excludes halogenated alkanes) is 17. The van der Waals surface area contributed by atoms with Gasteiger partial charge < -0.3 is 40.3 Å². The highest BCUT2D eigenvalue weighted by atomic mass is 16.7. The standard InChI is InChI=1S/C37H69NO8/c1-3-5-6-7-8-9-10-11-12-13-14-15-16-17-18-19-20-21-22-23-24-25-27-31(40)30(38-33(41)26-4-2)29-45-37-36(44)35(43)34(42)32(28-39)46-37/h21-22,25,27,30-32,34-37,39-40,42-44H,3-20,23-24,26,28-29H2,1-2H3,(H,38,41)/b22-21+,27-25+. The molecule has 0 bridgehead atoms. The Morgan fingerprint density at radius 2 is 1.24 bits per heavy atom. The van der Waals surface area contributed by atoms with Crippen molar-refractivity contribution in [3.05, 3.63) is 24.3 Å². The minimum Gasteiger partial charge on any atom is -0.394 e. The summed E-state index contributed by atoms with van der Waals surface area (Å²) in [4.78, 5) is 12.2. The van der Waals surface area contributed by atoms with E-state index in [1.54, 1.807) is 6.08 Å². The molecular weight excluding hydrogens is 586 g/mol. The van der Waals surface area contributed by atoms with Gasteiger partial charge in [-0.3, -0.25) is 4.79 Å². The van der Waals surface area contributed by atoms with Crippen LogP contribution in [0.1, 0.15) is 149 Å². The van der Waals surface area contributed by atoms with Gasteiger partial charge in [0, 0.05) is 6.42 Å². The SMILES string of the molecule is CCCCCCCCCCCCCCCCCC/C=C/CC/C=C/C(O)C(COC1OC(CO)C(O)C(O)C1O)NC(=O)CCC. The number of hydrogen-bond acceptors (Lipinski definition) is 8. The molecule has 0 radical (unpaired) electrons. The van der Waals surface area contributed by atoms with Crippen molar-refractivity contribution in [1.82, 2.24) is 5.32 Å². The van der Waals surface area contributed by atoms with Crippen LogP contribution in [0.5, 0.6) is 0 Å². The van der Waals surface area contributed by atoms with E-state index in [1.807, 2.05) is 13.0 Å². The van der Waals surface area contributed by atoms with Gasteiger partial charge in [0.25, 0.3) is 0 Å². The molecule has 0 aromatic heterocycles. The summed E-state index contributed by atoms with van der Waals surface area (Å²) < 4.78 is 11.0. The first-order valence-corrected chi connectivity index (χ1v) is 18.6. The number of nitrogens with one attached hydrogen (secondary N) is 1. The van der Waals surface area contributed by atoms with Gasteiger partial charge in [-0.05, 0) is 32.1 Å². The monoisotopic (exact) mass is 656 g/mol. The second kappa shape index (κ2) is 28.7. The van der Waals surface area contributed by atoms with Gasteiger partial charge >= 0.3 is 0 Å². The quantitative estimate of drug-likeness (QED) is 0.0425. The van der Waals surface area contributed by atoms with Crippen LogP contribution in [0.4, 0.5) is 0 Å². The molecule has 9 nitrogen and oxygen atoms in total. The van der Waals surface area contributed by atoms with E-state index in [0.29, 0.717) is 6.42 Å². The Hall–Kier alpha value is -1.33. The molecular formula is C37H69NO8. The molecule has 9 heteroatoms. The number of amides is 1. The minimum atomic E-state index is -1.56. The third-order valence-corrected chi connectivity index (χ3v) is 8.75. The normalized spacial score (nSPS) is 23.3. The summed E-state index contributed by atoms with van der Waals surface area (Å²) in [5.41, 5.74) is 0. The summed E-state index contributed by atoms with van der Waals surface area (Å²) in [5, 5.41) is 53.1. The molecule has 0 aliphatic carbocycles. The Kier molecular flexibility index (Phi) is 26.6. The van der Waals surface area contributed by atoms with Crippen molar-refractivity contribution >= 4 is 5.91 Å². The van der Waals surface area contributed by atoms with Crippen LogP contribution in [0.3, 0.4) is 0 Å². The van der Waals surface area contributed by atoms with Gasteiger partial charge in [0.15, 0.2) is 6.29 Å². The number of hydrogen-bond donors (Lipinski definition) is 6. The zero-order valence-electron chi connectivity index (χ0n) is 29.1. The van der Waals surface area contributed by atoms with Crippen LogP contribution >= 0.6 is 0 Å². The summed E-state index contributed by atoms with van der Waals surface area (Å²) in [5.74, 6) is -0.241. The molecule has 0 aromatic rings. The Balaban J connectivity index is 2.18. The molecule has 0 aromatic carbocycles. The molecule has 6 N–H and O–H groups in total. The predicted octanol–water partition coefficient (Wildman–Crippen LogP) is 5.99. The van der Waals surface area contributed by atoms with Crippen molar-refractivity contribution in [2.75, 3.05) is 13.2 Å². The molecule has 270 valence electrons. The first-order chi connectivity index (χ1) is 22.3. The van der Waals surface area contributed by atoms with Crippen molar-refractivity contribution in [2.45, 2.75) is 192 Å². The Labute approximate surface area is 279 Å². The third kappa shape index (κ3) is 20.1. The van der Waals surface area contributed by atoms with Crippen LogP contribution in [0.2, 0.25) is 0 Å². The van der Waals surface area contributed by atoms with Gasteiger partial charge in [-0.15, -0.1) is 0 Å². The Morgan fingerprint density at radius 3 is 1.78 bits per heavy atom. The van der Waals surface area contributed by atoms with Gasteiger partial charge in [0.1, 0.15) is 24.4 Å². The maximum atomic E-state index is 12.2. The average molecular weight is 656 g/mol. The molecule has 0 saturated carbocycles. The molecule has 7 unspecified atom stereocenters.